The number of esters is 2. The zero-order valence-corrected chi connectivity index (χ0v) is 16.0. The number of nitrogens with one attached hydrogen (secondary N) is 2. The summed E-state index contributed by atoms with van der Waals surface area (Å²) in [6.07, 6.45) is -1.15. The molecule has 0 saturated carbocycles. The predicted molar refractivity (Wildman–Crippen MR) is 98.0 cm³/mol. The summed E-state index contributed by atoms with van der Waals surface area (Å²) in [5.41, 5.74) is 6.52. The molecule has 9 nitrogen and oxygen atoms in total. The second-order valence-electron chi connectivity index (χ2n) is 5.68. The Hall–Kier alpha value is -3.14. The molecule has 0 aliphatic heterocycles. The van der Waals surface area contributed by atoms with E-state index in [2.05, 4.69) is 15.0 Å². The van der Waals surface area contributed by atoms with Gasteiger partial charge in [-0.25, -0.2) is 9.59 Å². The summed E-state index contributed by atoms with van der Waals surface area (Å²) in [4.78, 5) is 50.5. The van der Waals surface area contributed by atoms with Gasteiger partial charge in [-0.1, -0.05) is 0 Å². The number of nitrogens with two attached hydrogens (primary N) is 1. The summed E-state index contributed by atoms with van der Waals surface area (Å²) in [6.45, 7) is 4.58. The molecule has 1 unspecified atom stereocenters. The zero-order valence-electron chi connectivity index (χ0n) is 15.2. The van der Waals surface area contributed by atoms with Gasteiger partial charge in [-0.2, -0.15) is 0 Å². The van der Waals surface area contributed by atoms with Crippen LogP contribution < -0.4 is 11.1 Å². The topological polar surface area (TPSA) is 141 Å². The van der Waals surface area contributed by atoms with Gasteiger partial charge in [-0.15, -0.1) is 11.3 Å². The Morgan fingerprint density at radius 2 is 1.89 bits per heavy atom. The van der Waals surface area contributed by atoms with E-state index in [0.717, 1.165) is 11.3 Å². The van der Waals surface area contributed by atoms with Gasteiger partial charge in [-0.05, 0) is 37.8 Å². The Bertz CT molecular complexity index is 914. The van der Waals surface area contributed by atoms with Gasteiger partial charge in [0.1, 0.15) is 10.7 Å². The number of amides is 2. The van der Waals surface area contributed by atoms with Gasteiger partial charge in [0.15, 0.2) is 6.10 Å². The van der Waals surface area contributed by atoms with E-state index in [1.807, 2.05) is 0 Å². The van der Waals surface area contributed by atoms with Crippen molar-refractivity contribution in [2.24, 2.45) is 5.73 Å². The Morgan fingerprint density at radius 1 is 1.22 bits per heavy atom. The van der Waals surface area contributed by atoms with Crippen LogP contribution in [-0.4, -0.2) is 42.0 Å². The maximum atomic E-state index is 12.4. The van der Waals surface area contributed by atoms with E-state index in [9.17, 15) is 19.2 Å². The zero-order chi connectivity index (χ0) is 20.3. The molecule has 2 aromatic rings. The van der Waals surface area contributed by atoms with Crippen molar-refractivity contribution in [2.45, 2.75) is 26.9 Å². The van der Waals surface area contributed by atoms with Gasteiger partial charge in [0.25, 0.3) is 11.8 Å². The lowest BCUT2D eigenvalue weighted by atomic mass is 10.1. The molecule has 2 rings (SSSR count). The molecule has 0 aromatic carbocycles. The maximum Gasteiger partial charge on any atom is 0.355 e. The summed E-state index contributed by atoms with van der Waals surface area (Å²) in [6, 6.07) is 1.48. The standard InChI is InChI=1S/C17H19N3O6S/c1-7-11(16(23)25-4)8(2)19-12(7)17(24)26-9(3)14(22)20-15-10(13(18)21)5-6-27-15/h5-6,9,19H,1-4H3,(H2,18,21)(H,20,22). The monoisotopic (exact) mass is 393 g/mol. The van der Waals surface area contributed by atoms with Crippen LogP contribution in [0.1, 0.15) is 49.4 Å². The third kappa shape index (κ3) is 4.17. The number of hydrogen-bond acceptors (Lipinski definition) is 7. The van der Waals surface area contributed by atoms with Crippen LogP contribution in [-0.2, 0) is 14.3 Å². The van der Waals surface area contributed by atoms with Gasteiger partial charge in [0.2, 0.25) is 0 Å². The minimum absolute atomic E-state index is 0.0569. The van der Waals surface area contributed by atoms with Crippen LogP contribution in [0.5, 0.6) is 0 Å². The fourth-order valence-corrected chi connectivity index (χ4v) is 3.24. The van der Waals surface area contributed by atoms with Crippen molar-refractivity contribution in [3.8, 4) is 0 Å². The predicted octanol–water partition coefficient (Wildman–Crippen LogP) is 1.76. The third-order valence-corrected chi connectivity index (χ3v) is 4.68. The molecule has 0 bridgehead atoms. The third-order valence-electron chi connectivity index (χ3n) is 3.85. The normalized spacial score (nSPS) is 11.6. The first-order valence-electron chi connectivity index (χ1n) is 7.84. The molecular weight excluding hydrogens is 374 g/mol. The molecule has 2 amide bonds. The quantitative estimate of drug-likeness (QED) is 0.639. The molecule has 0 spiro atoms. The first kappa shape index (κ1) is 20.2. The number of primary amides is 1. The van der Waals surface area contributed by atoms with E-state index in [1.54, 1.807) is 19.2 Å². The van der Waals surface area contributed by atoms with Crippen LogP contribution in [0, 0.1) is 13.8 Å². The first-order chi connectivity index (χ1) is 12.7. The van der Waals surface area contributed by atoms with Crippen LogP contribution >= 0.6 is 11.3 Å². The van der Waals surface area contributed by atoms with Crippen molar-refractivity contribution >= 4 is 40.1 Å². The van der Waals surface area contributed by atoms with E-state index in [1.165, 1.54) is 20.1 Å². The highest BCUT2D eigenvalue weighted by Gasteiger charge is 2.26. The Morgan fingerprint density at radius 3 is 2.48 bits per heavy atom. The summed E-state index contributed by atoms with van der Waals surface area (Å²) in [5.74, 6) is -2.68. The van der Waals surface area contributed by atoms with Crippen molar-refractivity contribution in [1.82, 2.24) is 4.98 Å². The largest absolute Gasteiger partial charge is 0.465 e. The molecular formula is C17H19N3O6S. The van der Waals surface area contributed by atoms with E-state index in [4.69, 9.17) is 10.5 Å². The van der Waals surface area contributed by atoms with E-state index in [-0.39, 0.29) is 21.8 Å². The average molecular weight is 393 g/mol. The van der Waals surface area contributed by atoms with Crippen molar-refractivity contribution in [3.05, 3.63) is 39.5 Å². The molecule has 0 radical (unpaired) electrons. The lowest BCUT2D eigenvalue weighted by Crippen LogP contribution is -2.30. The number of carbonyl (C=O) groups is 4. The van der Waals surface area contributed by atoms with Gasteiger partial charge in [-0.3, -0.25) is 9.59 Å². The molecule has 0 aliphatic rings. The number of thiophene rings is 1. The molecule has 0 aliphatic carbocycles. The van der Waals surface area contributed by atoms with Gasteiger partial charge >= 0.3 is 11.9 Å². The van der Waals surface area contributed by atoms with Crippen molar-refractivity contribution < 1.29 is 28.7 Å². The number of methoxy groups -OCH3 is 1. The Labute approximate surface area is 158 Å². The van der Waals surface area contributed by atoms with E-state index in [0.29, 0.717) is 11.3 Å². The van der Waals surface area contributed by atoms with Gasteiger partial charge in [0, 0.05) is 5.69 Å². The van der Waals surface area contributed by atoms with Crippen LogP contribution in [0.15, 0.2) is 11.4 Å². The maximum absolute atomic E-state index is 12.4. The van der Waals surface area contributed by atoms with Gasteiger partial charge < -0.3 is 25.5 Å². The van der Waals surface area contributed by atoms with Crippen LogP contribution in [0.2, 0.25) is 0 Å². The molecule has 10 heteroatoms. The molecule has 2 heterocycles. The first-order valence-corrected chi connectivity index (χ1v) is 8.71. The molecule has 144 valence electrons. The fraction of sp³-hybridized carbons (Fsp3) is 0.294. The van der Waals surface area contributed by atoms with E-state index >= 15 is 0 Å². The van der Waals surface area contributed by atoms with Gasteiger partial charge in [0.05, 0.1) is 18.2 Å². The van der Waals surface area contributed by atoms with E-state index < -0.39 is 29.9 Å². The number of hydrogen-bond donors (Lipinski definition) is 3. The number of aromatic nitrogens is 1. The van der Waals surface area contributed by atoms with Crippen molar-refractivity contribution in [2.75, 3.05) is 12.4 Å². The second-order valence-corrected chi connectivity index (χ2v) is 6.60. The number of aromatic amines is 1. The number of anilines is 1. The van der Waals surface area contributed by atoms with Crippen LogP contribution in [0.25, 0.3) is 0 Å². The highest BCUT2D eigenvalue weighted by Crippen LogP contribution is 2.23. The lowest BCUT2D eigenvalue weighted by molar-refractivity contribution is -0.123. The number of ether oxygens (including phenoxy) is 2. The van der Waals surface area contributed by atoms with Crippen LogP contribution in [0.4, 0.5) is 5.00 Å². The Kier molecular flexibility index (Phi) is 6.01. The molecule has 4 N–H and O–H groups in total. The molecule has 0 saturated heterocycles. The second kappa shape index (κ2) is 8.04. The fourth-order valence-electron chi connectivity index (χ4n) is 2.45. The number of H-pyrrole nitrogens is 1. The number of carbonyl (C=O) groups excluding carboxylic acids is 4. The lowest BCUT2D eigenvalue weighted by Gasteiger charge is -2.13. The summed E-state index contributed by atoms with van der Waals surface area (Å²) >= 11 is 1.12. The molecule has 27 heavy (non-hydrogen) atoms. The summed E-state index contributed by atoms with van der Waals surface area (Å²) in [5, 5.41) is 4.38. The van der Waals surface area contributed by atoms with Crippen molar-refractivity contribution in [1.29, 1.82) is 0 Å². The summed E-state index contributed by atoms with van der Waals surface area (Å²) in [7, 11) is 1.24. The molecule has 1 atom stereocenters. The van der Waals surface area contributed by atoms with Crippen LogP contribution in [0.3, 0.4) is 0 Å². The minimum atomic E-state index is -1.15. The molecule has 2 aromatic heterocycles. The summed E-state index contributed by atoms with van der Waals surface area (Å²) < 4.78 is 9.85. The highest BCUT2D eigenvalue weighted by atomic mass is 32.1. The smallest absolute Gasteiger partial charge is 0.355 e. The highest BCUT2D eigenvalue weighted by molar-refractivity contribution is 7.14. The average Bonchev–Trinajstić information content (AvgIpc) is 3.18. The SMILES string of the molecule is COC(=O)c1c(C)[nH]c(C(=O)OC(C)C(=O)Nc2sccc2C(N)=O)c1C. The number of rotatable bonds is 6. The Balaban J connectivity index is 2.11. The molecule has 0 fully saturated rings. The van der Waals surface area contributed by atoms with Crippen molar-refractivity contribution in [3.63, 3.8) is 0 Å². The number of aryl methyl sites for hydroxylation is 1. The minimum Gasteiger partial charge on any atom is -0.465 e.